The van der Waals surface area contributed by atoms with Crippen molar-refractivity contribution in [2.45, 2.75) is 32.9 Å². The van der Waals surface area contributed by atoms with Gasteiger partial charge >= 0.3 is 5.97 Å². The first-order chi connectivity index (χ1) is 12.9. The van der Waals surface area contributed by atoms with E-state index in [0.29, 0.717) is 36.6 Å². The number of methoxy groups -OCH3 is 1. The highest BCUT2D eigenvalue weighted by Gasteiger charge is 2.24. The van der Waals surface area contributed by atoms with E-state index in [-0.39, 0.29) is 17.8 Å². The van der Waals surface area contributed by atoms with Crippen LogP contribution in [0.25, 0.3) is 0 Å². The van der Waals surface area contributed by atoms with E-state index in [1.54, 1.807) is 30.0 Å². The van der Waals surface area contributed by atoms with Crippen molar-refractivity contribution in [3.8, 4) is 0 Å². The molecule has 142 valence electrons. The average Bonchev–Trinajstić information content (AvgIpc) is 2.80. The summed E-state index contributed by atoms with van der Waals surface area (Å²) in [5.74, 6) is -0.188. The first-order valence-corrected chi connectivity index (χ1v) is 8.75. The molecule has 0 fully saturated rings. The molecule has 1 unspecified atom stereocenters. The zero-order chi connectivity index (χ0) is 19.6. The second-order valence-electron chi connectivity index (χ2n) is 6.59. The Morgan fingerprint density at radius 2 is 2.07 bits per heavy atom. The Kier molecular flexibility index (Phi) is 5.39. The first-order valence-electron chi connectivity index (χ1n) is 8.75. The van der Waals surface area contributed by atoms with Crippen molar-refractivity contribution in [3.63, 3.8) is 0 Å². The number of aryl methyl sites for hydroxylation is 1. The molecule has 1 N–H and O–H groups in total. The maximum Gasteiger partial charge on any atom is 0.339 e. The quantitative estimate of drug-likeness (QED) is 0.839. The average molecular weight is 371 g/mol. The number of fused-ring (bicyclic) bond motifs is 1. The fraction of sp³-hybridized carbons (Fsp3) is 0.350. The standard InChI is InChI=1S/C20H22FN3O3/c1-12-16(20(26)27-3)6-7-19(22-12)23-18-8-9-24(13(2)25)11-14-10-15(21)4-5-17(14)18/h4-7,10,18H,8-9,11H2,1-3H3,(H,22,23). The number of nitrogens with zero attached hydrogens (tertiary/aromatic N) is 2. The van der Waals surface area contributed by atoms with Crippen molar-refractivity contribution in [1.82, 2.24) is 9.88 Å². The Hall–Kier alpha value is -2.96. The molecule has 1 aromatic heterocycles. The second kappa shape index (κ2) is 7.73. The molecule has 0 saturated carbocycles. The van der Waals surface area contributed by atoms with Crippen LogP contribution in [0.2, 0.25) is 0 Å². The van der Waals surface area contributed by atoms with Crippen LogP contribution in [0.1, 0.15) is 46.6 Å². The second-order valence-corrected chi connectivity index (χ2v) is 6.59. The molecule has 6 nitrogen and oxygen atoms in total. The molecule has 3 rings (SSSR count). The highest BCUT2D eigenvalue weighted by atomic mass is 19.1. The molecule has 27 heavy (non-hydrogen) atoms. The highest BCUT2D eigenvalue weighted by molar-refractivity contribution is 5.90. The normalized spacial score (nSPS) is 16.3. The van der Waals surface area contributed by atoms with Crippen molar-refractivity contribution >= 4 is 17.7 Å². The molecule has 0 spiro atoms. The number of nitrogens with one attached hydrogen (secondary N) is 1. The number of anilines is 1. The maximum atomic E-state index is 13.7. The van der Waals surface area contributed by atoms with Gasteiger partial charge in [-0.05, 0) is 48.7 Å². The summed E-state index contributed by atoms with van der Waals surface area (Å²) in [5, 5.41) is 3.36. The summed E-state index contributed by atoms with van der Waals surface area (Å²) in [7, 11) is 1.33. The van der Waals surface area contributed by atoms with Crippen molar-refractivity contribution in [3.05, 3.63) is 58.5 Å². The van der Waals surface area contributed by atoms with E-state index in [4.69, 9.17) is 4.74 Å². The number of hydrogen-bond donors (Lipinski definition) is 1. The van der Waals surface area contributed by atoms with E-state index in [1.165, 1.54) is 26.2 Å². The van der Waals surface area contributed by atoms with Crippen LogP contribution in [-0.2, 0) is 16.1 Å². The van der Waals surface area contributed by atoms with Crippen molar-refractivity contribution in [1.29, 1.82) is 0 Å². The molecule has 2 aromatic rings. The van der Waals surface area contributed by atoms with Gasteiger partial charge in [0, 0.05) is 20.0 Å². The number of rotatable bonds is 3. The lowest BCUT2D eigenvalue weighted by atomic mass is 9.99. The van der Waals surface area contributed by atoms with Crippen LogP contribution in [0.5, 0.6) is 0 Å². The van der Waals surface area contributed by atoms with Crippen LogP contribution in [0.4, 0.5) is 10.2 Å². The number of halogens is 1. The first kappa shape index (κ1) is 18.8. The van der Waals surface area contributed by atoms with Crippen molar-refractivity contribution < 1.29 is 18.7 Å². The van der Waals surface area contributed by atoms with Crippen LogP contribution in [-0.4, -0.2) is 35.4 Å². The molecule has 1 aliphatic rings. The minimum absolute atomic E-state index is 0.0396. The fourth-order valence-electron chi connectivity index (χ4n) is 3.34. The Morgan fingerprint density at radius 1 is 1.30 bits per heavy atom. The number of esters is 1. The smallest absolute Gasteiger partial charge is 0.339 e. The molecular weight excluding hydrogens is 349 g/mol. The summed E-state index contributed by atoms with van der Waals surface area (Å²) in [6, 6.07) is 7.92. The van der Waals surface area contributed by atoms with Crippen molar-refractivity contribution in [2.75, 3.05) is 19.0 Å². The minimum Gasteiger partial charge on any atom is -0.465 e. The Morgan fingerprint density at radius 3 is 2.74 bits per heavy atom. The number of amides is 1. The Bertz CT molecular complexity index is 885. The van der Waals surface area contributed by atoms with Crippen LogP contribution in [0, 0.1) is 12.7 Å². The number of ether oxygens (including phenoxy) is 1. The largest absolute Gasteiger partial charge is 0.465 e. The molecule has 0 bridgehead atoms. The molecular formula is C20H22FN3O3. The van der Waals surface area contributed by atoms with E-state index in [2.05, 4.69) is 10.3 Å². The molecule has 1 amide bonds. The van der Waals surface area contributed by atoms with Gasteiger partial charge in [0.25, 0.3) is 0 Å². The summed E-state index contributed by atoms with van der Waals surface area (Å²) in [4.78, 5) is 29.7. The molecule has 0 aliphatic carbocycles. The summed E-state index contributed by atoms with van der Waals surface area (Å²) in [6.45, 7) is 4.20. The number of benzene rings is 1. The lowest BCUT2D eigenvalue weighted by molar-refractivity contribution is -0.129. The third-order valence-corrected chi connectivity index (χ3v) is 4.79. The maximum absolute atomic E-state index is 13.7. The lowest BCUT2D eigenvalue weighted by Gasteiger charge is -2.20. The topological polar surface area (TPSA) is 71.5 Å². The van der Waals surface area contributed by atoms with Crippen LogP contribution in [0.3, 0.4) is 0 Å². The number of carbonyl (C=O) groups excluding carboxylic acids is 2. The van der Waals surface area contributed by atoms with Gasteiger partial charge in [0.1, 0.15) is 11.6 Å². The van der Waals surface area contributed by atoms with Crippen LogP contribution < -0.4 is 5.32 Å². The van der Waals surface area contributed by atoms with E-state index in [0.717, 1.165) is 11.1 Å². The molecule has 7 heteroatoms. The summed E-state index contributed by atoms with van der Waals surface area (Å²) in [5.41, 5.74) is 2.69. The lowest BCUT2D eigenvalue weighted by Crippen LogP contribution is -2.28. The van der Waals surface area contributed by atoms with Crippen molar-refractivity contribution in [2.24, 2.45) is 0 Å². The molecule has 2 heterocycles. The van der Waals surface area contributed by atoms with E-state index in [1.807, 2.05) is 0 Å². The van der Waals surface area contributed by atoms with Gasteiger partial charge in [-0.1, -0.05) is 6.07 Å². The van der Waals surface area contributed by atoms with Crippen LogP contribution in [0.15, 0.2) is 30.3 Å². The zero-order valence-electron chi connectivity index (χ0n) is 15.6. The van der Waals surface area contributed by atoms with Gasteiger partial charge in [0.15, 0.2) is 0 Å². The number of aromatic nitrogens is 1. The highest BCUT2D eigenvalue weighted by Crippen LogP contribution is 2.30. The summed E-state index contributed by atoms with van der Waals surface area (Å²) in [6.07, 6.45) is 0.664. The number of carbonyl (C=O) groups is 2. The van der Waals surface area contributed by atoms with E-state index in [9.17, 15) is 14.0 Å². The summed E-state index contributed by atoms with van der Waals surface area (Å²) < 4.78 is 18.5. The number of hydrogen-bond acceptors (Lipinski definition) is 5. The molecule has 1 atom stereocenters. The molecule has 0 radical (unpaired) electrons. The van der Waals surface area contributed by atoms with Crippen LogP contribution >= 0.6 is 0 Å². The SMILES string of the molecule is COC(=O)c1ccc(NC2CCN(C(C)=O)Cc3cc(F)ccc32)nc1C. The Labute approximate surface area is 157 Å². The Balaban J connectivity index is 1.90. The van der Waals surface area contributed by atoms with E-state index >= 15 is 0 Å². The third kappa shape index (κ3) is 4.07. The monoisotopic (exact) mass is 371 g/mol. The minimum atomic E-state index is -0.432. The van der Waals surface area contributed by atoms with Gasteiger partial charge in [0.05, 0.1) is 24.4 Å². The fourth-order valence-corrected chi connectivity index (χ4v) is 3.34. The number of pyridine rings is 1. The van der Waals surface area contributed by atoms with Gasteiger partial charge in [-0.3, -0.25) is 4.79 Å². The predicted molar refractivity (Wildman–Crippen MR) is 98.8 cm³/mol. The summed E-state index contributed by atoms with van der Waals surface area (Å²) >= 11 is 0. The van der Waals surface area contributed by atoms with Gasteiger partial charge in [0.2, 0.25) is 5.91 Å². The third-order valence-electron chi connectivity index (χ3n) is 4.79. The van der Waals surface area contributed by atoms with E-state index < -0.39 is 5.97 Å². The van der Waals surface area contributed by atoms with Gasteiger partial charge in [-0.2, -0.15) is 0 Å². The zero-order valence-corrected chi connectivity index (χ0v) is 15.6. The molecule has 0 saturated heterocycles. The predicted octanol–water partition coefficient (Wildman–Crippen LogP) is 3.22. The van der Waals surface area contributed by atoms with Gasteiger partial charge in [-0.25, -0.2) is 14.2 Å². The van der Waals surface area contributed by atoms with Gasteiger partial charge in [-0.15, -0.1) is 0 Å². The molecule has 1 aliphatic heterocycles. The van der Waals surface area contributed by atoms with Gasteiger partial charge < -0.3 is 15.0 Å². The molecule has 1 aromatic carbocycles.